The Labute approximate surface area is 97.9 Å². The molecule has 3 nitrogen and oxygen atoms in total. The lowest BCUT2D eigenvalue weighted by Gasteiger charge is -2.20. The van der Waals surface area contributed by atoms with Crippen LogP contribution in [0.5, 0.6) is 0 Å². The minimum Gasteiger partial charge on any atom is -0.313 e. The molecule has 2 rings (SSSR count). The van der Waals surface area contributed by atoms with Crippen molar-refractivity contribution in [2.45, 2.75) is 32.4 Å². The normalized spacial score (nSPS) is 20.6. The molecule has 1 fully saturated rings. The highest BCUT2D eigenvalue weighted by molar-refractivity contribution is 5.09. The summed E-state index contributed by atoms with van der Waals surface area (Å²) in [7, 11) is 2.17. The molecule has 0 bridgehead atoms. The summed E-state index contributed by atoms with van der Waals surface area (Å²) in [6, 6.07) is 6.90. The monoisotopic (exact) mass is 219 g/mol. The van der Waals surface area contributed by atoms with Gasteiger partial charge in [0.2, 0.25) is 0 Å². The zero-order valence-corrected chi connectivity index (χ0v) is 10.2. The Morgan fingerprint density at radius 1 is 1.50 bits per heavy atom. The van der Waals surface area contributed by atoms with Crippen molar-refractivity contribution in [2.24, 2.45) is 0 Å². The molecule has 1 aliphatic heterocycles. The number of aromatic nitrogens is 1. The number of hydrogen-bond donors (Lipinski definition) is 1. The van der Waals surface area contributed by atoms with E-state index < -0.39 is 0 Å². The largest absolute Gasteiger partial charge is 0.313 e. The molecule has 0 unspecified atom stereocenters. The van der Waals surface area contributed by atoms with Crippen LogP contribution in [0.4, 0.5) is 0 Å². The minimum absolute atomic E-state index is 0.676. The fraction of sp³-hybridized carbons (Fsp3) is 0.615. The van der Waals surface area contributed by atoms with Gasteiger partial charge < -0.3 is 5.32 Å². The van der Waals surface area contributed by atoms with Crippen molar-refractivity contribution >= 4 is 0 Å². The van der Waals surface area contributed by atoms with Crippen molar-refractivity contribution in [1.29, 1.82) is 0 Å². The summed E-state index contributed by atoms with van der Waals surface area (Å²) in [6.07, 6.45) is 2.63. The van der Waals surface area contributed by atoms with Crippen LogP contribution in [0.25, 0.3) is 0 Å². The Morgan fingerprint density at radius 2 is 2.38 bits per heavy atom. The average molecular weight is 219 g/mol. The van der Waals surface area contributed by atoms with E-state index in [1.807, 2.05) is 13.0 Å². The van der Waals surface area contributed by atoms with Gasteiger partial charge in [0.15, 0.2) is 0 Å². The van der Waals surface area contributed by atoms with Crippen molar-refractivity contribution in [3.8, 4) is 0 Å². The molecule has 0 radical (unpaired) electrons. The van der Waals surface area contributed by atoms with Crippen molar-refractivity contribution in [3.63, 3.8) is 0 Å². The molecule has 1 aromatic rings. The van der Waals surface area contributed by atoms with Gasteiger partial charge in [0, 0.05) is 24.8 Å². The van der Waals surface area contributed by atoms with Gasteiger partial charge in [-0.2, -0.15) is 0 Å². The maximum atomic E-state index is 4.53. The van der Waals surface area contributed by atoms with E-state index in [-0.39, 0.29) is 0 Å². The number of aryl methyl sites for hydroxylation is 1. The van der Waals surface area contributed by atoms with Crippen LogP contribution in [-0.2, 0) is 6.54 Å². The van der Waals surface area contributed by atoms with Gasteiger partial charge in [-0.1, -0.05) is 6.07 Å². The molecule has 0 amide bonds. The highest BCUT2D eigenvalue weighted by atomic mass is 15.1. The van der Waals surface area contributed by atoms with E-state index in [4.69, 9.17) is 0 Å². The van der Waals surface area contributed by atoms with Gasteiger partial charge >= 0.3 is 0 Å². The second-order valence-electron chi connectivity index (χ2n) is 4.76. The molecule has 3 heteroatoms. The first-order valence-corrected chi connectivity index (χ1v) is 6.08. The number of nitrogens with one attached hydrogen (secondary N) is 1. The second-order valence-corrected chi connectivity index (χ2v) is 4.76. The van der Waals surface area contributed by atoms with Crippen molar-refractivity contribution in [1.82, 2.24) is 15.2 Å². The molecule has 1 aliphatic rings. The third-order valence-corrected chi connectivity index (χ3v) is 3.07. The summed E-state index contributed by atoms with van der Waals surface area (Å²) in [5, 5.41) is 3.52. The first kappa shape index (κ1) is 11.6. The molecule has 2 heterocycles. The lowest BCUT2D eigenvalue weighted by molar-refractivity contribution is 0.290. The summed E-state index contributed by atoms with van der Waals surface area (Å²) in [4.78, 5) is 6.88. The highest BCUT2D eigenvalue weighted by Gasteiger charge is 2.15. The van der Waals surface area contributed by atoms with Crippen LogP contribution in [-0.4, -0.2) is 36.1 Å². The summed E-state index contributed by atoms with van der Waals surface area (Å²) >= 11 is 0. The molecule has 1 saturated heterocycles. The van der Waals surface area contributed by atoms with E-state index >= 15 is 0 Å². The van der Waals surface area contributed by atoms with E-state index in [9.17, 15) is 0 Å². The van der Waals surface area contributed by atoms with Crippen LogP contribution in [0.1, 0.15) is 24.2 Å². The quantitative estimate of drug-likeness (QED) is 0.833. The van der Waals surface area contributed by atoms with Gasteiger partial charge in [-0.15, -0.1) is 0 Å². The van der Waals surface area contributed by atoms with Crippen LogP contribution in [0, 0.1) is 6.92 Å². The molecule has 0 aliphatic carbocycles. The van der Waals surface area contributed by atoms with Crippen LogP contribution >= 0.6 is 0 Å². The zero-order valence-electron chi connectivity index (χ0n) is 10.2. The van der Waals surface area contributed by atoms with E-state index in [0.717, 1.165) is 18.8 Å². The van der Waals surface area contributed by atoms with E-state index in [1.165, 1.54) is 25.1 Å². The van der Waals surface area contributed by atoms with Gasteiger partial charge in [0.1, 0.15) is 0 Å². The van der Waals surface area contributed by atoms with Crippen molar-refractivity contribution in [3.05, 3.63) is 29.6 Å². The van der Waals surface area contributed by atoms with Gasteiger partial charge in [-0.25, -0.2) is 0 Å². The number of likely N-dealkylation sites (N-methyl/N-ethyl adjacent to an activating group) is 1. The molecular weight excluding hydrogens is 198 g/mol. The Hall–Kier alpha value is -0.930. The molecular formula is C13H21N3. The van der Waals surface area contributed by atoms with Gasteiger partial charge in [-0.3, -0.25) is 9.88 Å². The van der Waals surface area contributed by atoms with Crippen LogP contribution in [0.2, 0.25) is 0 Å². The SMILES string of the molecule is Cc1cccc(CN(C)C[C@H]2CCCN2)n1. The molecule has 16 heavy (non-hydrogen) atoms. The fourth-order valence-corrected chi connectivity index (χ4v) is 2.32. The number of rotatable bonds is 4. The lowest BCUT2D eigenvalue weighted by atomic mass is 10.2. The molecule has 0 saturated carbocycles. The van der Waals surface area contributed by atoms with Gasteiger partial charge in [0.25, 0.3) is 0 Å². The standard InChI is InChI=1S/C13H21N3/c1-11-5-3-6-13(15-11)10-16(2)9-12-7-4-8-14-12/h3,5-6,12,14H,4,7-10H2,1-2H3/t12-/m1/s1. The summed E-state index contributed by atoms with van der Waals surface area (Å²) in [5.41, 5.74) is 2.27. The van der Waals surface area contributed by atoms with E-state index in [2.05, 4.69) is 34.4 Å². The number of hydrogen-bond acceptors (Lipinski definition) is 3. The maximum Gasteiger partial charge on any atom is 0.0547 e. The third kappa shape index (κ3) is 3.29. The van der Waals surface area contributed by atoms with Crippen LogP contribution < -0.4 is 5.32 Å². The Balaban J connectivity index is 1.84. The zero-order chi connectivity index (χ0) is 11.4. The van der Waals surface area contributed by atoms with Gasteiger partial charge in [-0.05, 0) is 45.5 Å². The Kier molecular flexibility index (Phi) is 3.91. The summed E-state index contributed by atoms with van der Waals surface area (Å²) in [6.45, 7) is 5.29. The summed E-state index contributed by atoms with van der Waals surface area (Å²) < 4.78 is 0. The molecule has 0 spiro atoms. The third-order valence-electron chi connectivity index (χ3n) is 3.07. The molecule has 1 N–H and O–H groups in total. The second kappa shape index (κ2) is 5.41. The van der Waals surface area contributed by atoms with E-state index in [0.29, 0.717) is 6.04 Å². The lowest BCUT2D eigenvalue weighted by Crippen LogP contribution is -2.35. The van der Waals surface area contributed by atoms with Crippen LogP contribution in [0.3, 0.4) is 0 Å². The number of pyridine rings is 1. The Bertz CT molecular complexity index is 332. The van der Waals surface area contributed by atoms with Crippen LogP contribution in [0.15, 0.2) is 18.2 Å². The van der Waals surface area contributed by atoms with Gasteiger partial charge in [0.05, 0.1) is 5.69 Å². The predicted octanol–water partition coefficient (Wildman–Crippen LogP) is 1.57. The molecule has 88 valence electrons. The molecule has 1 aromatic heterocycles. The molecule has 1 atom stereocenters. The maximum absolute atomic E-state index is 4.53. The van der Waals surface area contributed by atoms with Crippen molar-refractivity contribution in [2.75, 3.05) is 20.1 Å². The Morgan fingerprint density at radius 3 is 3.06 bits per heavy atom. The van der Waals surface area contributed by atoms with E-state index in [1.54, 1.807) is 0 Å². The smallest absolute Gasteiger partial charge is 0.0547 e. The first-order chi connectivity index (χ1) is 7.74. The predicted molar refractivity (Wildman–Crippen MR) is 66.3 cm³/mol. The highest BCUT2D eigenvalue weighted by Crippen LogP contribution is 2.08. The average Bonchev–Trinajstić information content (AvgIpc) is 2.70. The number of nitrogens with zero attached hydrogens (tertiary/aromatic N) is 2. The van der Waals surface area contributed by atoms with Crippen molar-refractivity contribution < 1.29 is 0 Å². The first-order valence-electron chi connectivity index (χ1n) is 6.08. The summed E-state index contributed by atoms with van der Waals surface area (Å²) in [5.74, 6) is 0. The molecule has 0 aromatic carbocycles. The fourth-order valence-electron chi connectivity index (χ4n) is 2.32. The minimum atomic E-state index is 0.676. The topological polar surface area (TPSA) is 28.2 Å².